The summed E-state index contributed by atoms with van der Waals surface area (Å²) < 4.78 is 4.52. The lowest BCUT2D eigenvalue weighted by Gasteiger charge is -2.24. The zero-order valence-corrected chi connectivity index (χ0v) is 11.8. The summed E-state index contributed by atoms with van der Waals surface area (Å²) in [5.74, 6) is -0.640. The second-order valence-electron chi connectivity index (χ2n) is 4.61. The van der Waals surface area contributed by atoms with Gasteiger partial charge >= 0.3 is 5.97 Å². The third kappa shape index (κ3) is 3.76. The Bertz CT molecular complexity index is 353. The van der Waals surface area contributed by atoms with Gasteiger partial charge in [-0.05, 0) is 12.8 Å². The van der Waals surface area contributed by atoms with Crippen molar-refractivity contribution < 1.29 is 19.1 Å². The van der Waals surface area contributed by atoms with E-state index in [4.69, 9.17) is 0 Å². The van der Waals surface area contributed by atoms with Crippen LogP contribution >= 0.6 is 0 Å². The SMILES string of the molecule is CCC(CC)N1C(=O)CC(NCCC(=O)OC)C1=O. The number of esters is 1. The minimum Gasteiger partial charge on any atom is -0.469 e. The van der Waals surface area contributed by atoms with E-state index in [1.807, 2.05) is 13.8 Å². The number of nitrogens with zero attached hydrogens (tertiary/aromatic N) is 1. The van der Waals surface area contributed by atoms with Crippen LogP contribution in [0.4, 0.5) is 0 Å². The van der Waals surface area contributed by atoms with Crippen LogP contribution in [0, 0.1) is 0 Å². The molecule has 0 bridgehead atoms. The van der Waals surface area contributed by atoms with Crippen LogP contribution in [0.2, 0.25) is 0 Å². The lowest BCUT2D eigenvalue weighted by atomic mass is 10.1. The Balaban J connectivity index is 2.53. The molecule has 6 heteroatoms. The van der Waals surface area contributed by atoms with Gasteiger partial charge in [0.05, 0.1) is 26.0 Å². The molecule has 19 heavy (non-hydrogen) atoms. The number of carbonyl (C=O) groups excluding carboxylic acids is 3. The molecule has 0 aromatic carbocycles. The van der Waals surface area contributed by atoms with Gasteiger partial charge in [-0.25, -0.2) is 0 Å². The van der Waals surface area contributed by atoms with Crippen molar-refractivity contribution in [2.24, 2.45) is 0 Å². The van der Waals surface area contributed by atoms with E-state index in [0.717, 1.165) is 12.8 Å². The zero-order chi connectivity index (χ0) is 14.4. The lowest BCUT2D eigenvalue weighted by molar-refractivity contribution is -0.143. The molecule has 1 aliphatic rings. The van der Waals surface area contributed by atoms with Gasteiger partial charge in [0.2, 0.25) is 11.8 Å². The van der Waals surface area contributed by atoms with E-state index in [1.54, 1.807) is 0 Å². The largest absolute Gasteiger partial charge is 0.469 e. The molecular formula is C13H22N2O4. The molecular weight excluding hydrogens is 248 g/mol. The molecule has 1 rings (SSSR count). The van der Waals surface area contributed by atoms with Crippen molar-refractivity contribution in [2.45, 2.75) is 51.6 Å². The van der Waals surface area contributed by atoms with Gasteiger partial charge in [-0.15, -0.1) is 0 Å². The first-order chi connectivity index (χ1) is 9.04. The summed E-state index contributed by atoms with van der Waals surface area (Å²) in [6.07, 6.45) is 1.90. The topological polar surface area (TPSA) is 75.7 Å². The van der Waals surface area contributed by atoms with Crippen LogP contribution in [0.25, 0.3) is 0 Å². The minimum absolute atomic E-state index is 0.0209. The molecule has 0 radical (unpaired) electrons. The van der Waals surface area contributed by atoms with E-state index >= 15 is 0 Å². The van der Waals surface area contributed by atoms with Gasteiger partial charge in [0.1, 0.15) is 0 Å². The van der Waals surface area contributed by atoms with Gasteiger partial charge < -0.3 is 10.1 Å². The molecule has 1 aliphatic heterocycles. The summed E-state index contributed by atoms with van der Waals surface area (Å²) in [6, 6.07) is -0.523. The molecule has 0 aromatic rings. The third-order valence-corrected chi connectivity index (χ3v) is 3.44. The maximum absolute atomic E-state index is 12.1. The highest BCUT2D eigenvalue weighted by Gasteiger charge is 2.40. The Labute approximate surface area is 113 Å². The van der Waals surface area contributed by atoms with Crippen LogP contribution < -0.4 is 5.32 Å². The van der Waals surface area contributed by atoms with Gasteiger partial charge in [0.15, 0.2) is 0 Å². The van der Waals surface area contributed by atoms with Crippen molar-refractivity contribution in [3.63, 3.8) is 0 Å². The van der Waals surface area contributed by atoms with Crippen LogP contribution in [-0.2, 0) is 19.1 Å². The first-order valence-corrected chi connectivity index (χ1v) is 6.71. The van der Waals surface area contributed by atoms with E-state index in [1.165, 1.54) is 12.0 Å². The van der Waals surface area contributed by atoms with Gasteiger partial charge in [-0.3, -0.25) is 19.3 Å². The average molecular weight is 270 g/mol. The summed E-state index contributed by atoms with van der Waals surface area (Å²) in [5.41, 5.74) is 0. The maximum atomic E-state index is 12.1. The molecule has 1 saturated heterocycles. The molecule has 1 unspecified atom stereocenters. The number of rotatable bonds is 7. The number of hydrogen-bond acceptors (Lipinski definition) is 5. The number of nitrogens with one attached hydrogen (secondary N) is 1. The second kappa shape index (κ2) is 7.23. The highest BCUT2D eigenvalue weighted by molar-refractivity contribution is 6.05. The Hall–Kier alpha value is -1.43. The molecule has 0 aliphatic carbocycles. The van der Waals surface area contributed by atoms with Crippen molar-refractivity contribution in [3.05, 3.63) is 0 Å². The van der Waals surface area contributed by atoms with Crippen LogP contribution in [0.3, 0.4) is 0 Å². The summed E-state index contributed by atoms with van der Waals surface area (Å²) in [6.45, 7) is 4.27. The molecule has 0 aromatic heterocycles. The highest BCUT2D eigenvalue weighted by atomic mass is 16.5. The standard InChI is InChI=1S/C13H22N2O4/c1-4-9(5-2)15-11(16)8-10(13(15)18)14-7-6-12(17)19-3/h9-10,14H,4-8H2,1-3H3. The van der Waals surface area contributed by atoms with Crippen molar-refractivity contribution in [1.29, 1.82) is 0 Å². The summed E-state index contributed by atoms with van der Waals surface area (Å²) in [7, 11) is 1.32. The lowest BCUT2D eigenvalue weighted by Crippen LogP contribution is -2.44. The Morgan fingerprint density at radius 3 is 2.58 bits per heavy atom. The number of carbonyl (C=O) groups is 3. The predicted octanol–water partition coefficient (Wildman–Crippen LogP) is 0.455. The molecule has 1 N–H and O–H groups in total. The highest BCUT2D eigenvalue weighted by Crippen LogP contribution is 2.20. The van der Waals surface area contributed by atoms with Gasteiger partial charge in [0.25, 0.3) is 0 Å². The molecule has 1 atom stereocenters. The summed E-state index contributed by atoms with van der Waals surface area (Å²) >= 11 is 0. The molecule has 6 nitrogen and oxygen atoms in total. The normalized spacial score (nSPS) is 19.4. The molecule has 108 valence electrons. The van der Waals surface area contributed by atoms with E-state index < -0.39 is 6.04 Å². The first-order valence-electron chi connectivity index (χ1n) is 6.71. The van der Waals surface area contributed by atoms with Crippen LogP contribution in [-0.4, -0.2) is 48.4 Å². The monoisotopic (exact) mass is 270 g/mol. The van der Waals surface area contributed by atoms with Crippen molar-refractivity contribution >= 4 is 17.8 Å². The van der Waals surface area contributed by atoms with Crippen LogP contribution in [0.1, 0.15) is 39.5 Å². The Morgan fingerprint density at radius 2 is 2.05 bits per heavy atom. The number of likely N-dealkylation sites (tertiary alicyclic amines) is 1. The van der Waals surface area contributed by atoms with Gasteiger partial charge in [-0.1, -0.05) is 13.8 Å². The number of hydrogen-bond donors (Lipinski definition) is 1. The average Bonchev–Trinajstić information content (AvgIpc) is 2.68. The van der Waals surface area contributed by atoms with E-state index in [-0.39, 0.29) is 36.7 Å². The fraction of sp³-hybridized carbons (Fsp3) is 0.769. The minimum atomic E-state index is -0.502. The summed E-state index contributed by atoms with van der Waals surface area (Å²) in [5, 5.41) is 2.95. The van der Waals surface area contributed by atoms with Crippen molar-refractivity contribution in [3.8, 4) is 0 Å². The smallest absolute Gasteiger partial charge is 0.306 e. The molecule has 0 spiro atoms. The Morgan fingerprint density at radius 1 is 1.42 bits per heavy atom. The zero-order valence-electron chi connectivity index (χ0n) is 11.8. The van der Waals surface area contributed by atoms with E-state index in [9.17, 15) is 14.4 Å². The number of amides is 2. The maximum Gasteiger partial charge on any atom is 0.306 e. The molecule has 1 heterocycles. The summed E-state index contributed by atoms with van der Waals surface area (Å²) in [4.78, 5) is 36.4. The second-order valence-corrected chi connectivity index (χ2v) is 4.61. The molecule has 1 fully saturated rings. The number of imide groups is 1. The first kappa shape index (κ1) is 15.6. The third-order valence-electron chi connectivity index (χ3n) is 3.44. The van der Waals surface area contributed by atoms with Gasteiger partial charge in [-0.2, -0.15) is 0 Å². The predicted molar refractivity (Wildman–Crippen MR) is 69.3 cm³/mol. The van der Waals surface area contributed by atoms with Crippen LogP contribution in [0.5, 0.6) is 0 Å². The number of ether oxygens (including phenoxy) is 1. The van der Waals surface area contributed by atoms with Crippen LogP contribution in [0.15, 0.2) is 0 Å². The fourth-order valence-corrected chi connectivity index (χ4v) is 2.30. The van der Waals surface area contributed by atoms with E-state index in [0.29, 0.717) is 6.54 Å². The van der Waals surface area contributed by atoms with Gasteiger partial charge in [0, 0.05) is 12.6 Å². The molecule has 0 saturated carbocycles. The number of methoxy groups -OCH3 is 1. The fourth-order valence-electron chi connectivity index (χ4n) is 2.30. The van der Waals surface area contributed by atoms with Crippen molar-refractivity contribution in [1.82, 2.24) is 10.2 Å². The van der Waals surface area contributed by atoms with Crippen molar-refractivity contribution in [2.75, 3.05) is 13.7 Å². The molecule has 2 amide bonds. The Kier molecular flexibility index (Phi) is 5.95. The van der Waals surface area contributed by atoms with E-state index in [2.05, 4.69) is 10.1 Å². The quantitative estimate of drug-likeness (QED) is 0.537.